The molecule has 6 nitrogen and oxygen atoms in total. The second-order valence-corrected chi connectivity index (χ2v) is 6.66. The number of carboxylic acids is 1. The largest absolute Gasteiger partial charge is 0.494 e. The first-order valence-electron chi connectivity index (χ1n) is 9.55. The molecule has 1 atom stereocenters. The van der Waals surface area contributed by atoms with Gasteiger partial charge in [-0.3, -0.25) is 4.79 Å². The van der Waals surface area contributed by atoms with E-state index in [2.05, 4.69) is 40.6 Å². The minimum Gasteiger partial charge on any atom is -0.494 e. The monoisotopic (exact) mass is 391 g/mol. The van der Waals surface area contributed by atoms with Gasteiger partial charge in [0.15, 0.2) is 0 Å². The SMILES string of the molecule is CCOc1cccc(-c2ccc(CC(N)c3cccc(NCC(=O)O)n3)cc2)c1. The summed E-state index contributed by atoms with van der Waals surface area (Å²) in [4.78, 5) is 15.1. The molecule has 0 aliphatic heterocycles. The molecule has 0 bridgehead atoms. The van der Waals surface area contributed by atoms with Gasteiger partial charge in [-0.05, 0) is 54.3 Å². The Bertz CT molecular complexity index is 958. The van der Waals surface area contributed by atoms with E-state index in [4.69, 9.17) is 15.6 Å². The molecule has 29 heavy (non-hydrogen) atoms. The number of benzene rings is 2. The highest BCUT2D eigenvalue weighted by Gasteiger charge is 2.10. The zero-order chi connectivity index (χ0) is 20.6. The summed E-state index contributed by atoms with van der Waals surface area (Å²) in [6, 6.07) is 21.4. The van der Waals surface area contributed by atoms with Gasteiger partial charge < -0.3 is 20.9 Å². The maximum atomic E-state index is 10.7. The fourth-order valence-corrected chi connectivity index (χ4v) is 3.05. The minimum atomic E-state index is -0.937. The molecule has 2 aromatic carbocycles. The van der Waals surface area contributed by atoms with Crippen molar-refractivity contribution in [2.75, 3.05) is 18.5 Å². The predicted molar refractivity (Wildman–Crippen MR) is 114 cm³/mol. The molecule has 0 aliphatic carbocycles. The number of nitrogens with one attached hydrogen (secondary N) is 1. The number of anilines is 1. The number of aromatic nitrogens is 1. The van der Waals surface area contributed by atoms with E-state index >= 15 is 0 Å². The highest BCUT2D eigenvalue weighted by molar-refractivity contribution is 5.72. The Labute approximate surface area is 170 Å². The predicted octanol–water partition coefficient (Wildman–Crippen LogP) is 3.89. The Morgan fingerprint density at radius 2 is 1.86 bits per heavy atom. The Kier molecular flexibility index (Phi) is 6.81. The smallest absolute Gasteiger partial charge is 0.322 e. The van der Waals surface area contributed by atoms with Gasteiger partial charge >= 0.3 is 5.97 Å². The van der Waals surface area contributed by atoms with Crippen LogP contribution in [0, 0.1) is 0 Å². The van der Waals surface area contributed by atoms with E-state index in [1.54, 1.807) is 6.07 Å². The molecule has 0 saturated heterocycles. The molecule has 4 N–H and O–H groups in total. The molecule has 0 radical (unpaired) electrons. The van der Waals surface area contributed by atoms with Crippen LogP contribution in [0.15, 0.2) is 66.7 Å². The Morgan fingerprint density at radius 3 is 2.59 bits per heavy atom. The van der Waals surface area contributed by atoms with Crippen molar-refractivity contribution in [1.82, 2.24) is 4.98 Å². The first-order chi connectivity index (χ1) is 14.0. The van der Waals surface area contributed by atoms with Gasteiger partial charge in [0.05, 0.1) is 18.3 Å². The number of rotatable bonds is 9. The van der Waals surface area contributed by atoms with Crippen LogP contribution in [0.3, 0.4) is 0 Å². The zero-order valence-corrected chi connectivity index (χ0v) is 16.3. The summed E-state index contributed by atoms with van der Waals surface area (Å²) in [6.07, 6.45) is 0.634. The summed E-state index contributed by atoms with van der Waals surface area (Å²) >= 11 is 0. The average Bonchev–Trinajstić information content (AvgIpc) is 2.73. The highest BCUT2D eigenvalue weighted by atomic mass is 16.5. The van der Waals surface area contributed by atoms with Crippen molar-refractivity contribution in [1.29, 1.82) is 0 Å². The van der Waals surface area contributed by atoms with Crippen molar-refractivity contribution in [2.45, 2.75) is 19.4 Å². The van der Waals surface area contributed by atoms with Crippen LogP contribution >= 0.6 is 0 Å². The van der Waals surface area contributed by atoms with Crippen LogP contribution < -0.4 is 15.8 Å². The molecule has 0 spiro atoms. The Balaban J connectivity index is 1.67. The minimum absolute atomic E-state index is 0.183. The molecule has 1 aromatic heterocycles. The lowest BCUT2D eigenvalue weighted by atomic mass is 9.99. The molecule has 3 rings (SSSR count). The van der Waals surface area contributed by atoms with Crippen molar-refractivity contribution in [3.8, 4) is 16.9 Å². The summed E-state index contributed by atoms with van der Waals surface area (Å²) in [7, 11) is 0. The van der Waals surface area contributed by atoms with Crippen molar-refractivity contribution in [3.63, 3.8) is 0 Å². The molecular weight excluding hydrogens is 366 g/mol. The van der Waals surface area contributed by atoms with E-state index < -0.39 is 5.97 Å². The lowest BCUT2D eigenvalue weighted by Gasteiger charge is -2.13. The van der Waals surface area contributed by atoms with Crippen LogP contribution in [0.1, 0.15) is 24.2 Å². The summed E-state index contributed by atoms with van der Waals surface area (Å²) in [5, 5.41) is 11.5. The van der Waals surface area contributed by atoms with E-state index in [0.717, 1.165) is 22.4 Å². The molecule has 0 saturated carbocycles. The van der Waals surface area contributed by atoms with Gasteiger partial charge in [0.25, 0.3) is 0 Å². The van der Waals surface area contributed by atoms with Crippen LogP contribution in [0.5, 0.6) is 5.75 Å². The average molecular weight is 391 g/mol. The van der Waals surface area contributed by atoms with Gasteiger partial charge in [0, 0.05) is 0 Å². The normalized spacial score (nSPS) is 11.7. The molecular formula is C23H25N3O3. The lowest BCUT2D eigenvalue weighted by molar-refractivity contribution is -0.134. The maximum absolute atomic E-state index is 10.7. The van der Waals surface area contributed by atoms with Crippen molar-refractivity contribution in [2.24, 2.45) is 5.73 Å². The summed E-state index contributed by atoms with van der Waals surface area (Å²) < 4.78 is 5.57. The third kappa shape index (κ3) is 5.80. The van der Waals surface area contributed by atoms with Gasteiger partial charge in [-0.2, -0.15) is 0 Å². The molecule has 0 fully saturated rings. The number of carbonyl (C=O) groups is 1. The molecule has 1 heterocycles. The van der Waals surface area contributed by atoms with Crippen LogP contribution in [-0.4, -0.2) is 29.2 Å². The van der Waals surface area contributed by atoms with Crippen molar-refractivity contribution < 1.29 is 14.6 Å². The van der Waals surface area contributed by atoms with Gasteiger partial charge in [-0.15, -0.1) is 0 Å². The van der Waals surface area contributed by atoms with E-state index in [1.807, 2.05) is 37.3 Å². The topological polar surface area (TPSA) is 97.5 Å². The summed E-state index contributed by atoms with van der Waals surface area (Å²) in [5.74, 6) is 0.428. The number of pyridine rings is 1. The van der Waals surface area contributed by atoms with Crippen LogP contribution in [-0.2, 0) is 11.2 Å². The fourth-order valence-electron chi connectivity index (χ4n) is 3.05. The van der Waals surface area contributed by atoms with Crippen molar-refractivity contribution >= 4 is 11.8 Å². The maximum Gasteiger partial charge on any atom is 0.322 e. The van der Waals surface area contributed by atoms with Gasteiger partial charge in [-0.1, -0.05) is 42.5 Å². The number of hydrogen-bond donors (Lipinski definition) is 3. The molecule has 150 valence electrons. The first kappa shape index (κ1) is 20.4. The third-order valence-corrected chi connectivity index (χ3v) is 4.46. The van der Waals surface area contributed by atoms with Gasteiger partial charge in [0.2, 0.25) is 0 Å². The van der Waals surface area contributed by atoms with Crippen LogP contribution in [0.2, 0.25) is 0 Å². The molecule has 3 aromatic rings. The Hall–Kier alpha value is -3.38. The molecule has 1 unspecified atom stereocenters. The second kappa shape index (κ2) is 9.71. The molecule has 6 heteroatoms. The summed E-state index contributed by atoms with van der Waals surface area (Å²) in [5.41, 5.74) is 10.4. The number of carboxylic acid groups (broad SMARTS) is 1. The van der Waals surface area contributed by atoms with Crippen LogP contribution in [0.4, 0.5) is 5.82 Å². The highest BCUT2D eigenvalue weighted by Crippen LogP contribution is 2.25. The Morgan fingerprint density at radius 1 is 1.10 bits per heavy atom. The number of hydrogen-bond acceptors (Lipinski definition) is 5. The van der Waals surface area contributed by atoms with E-state index in [9.17, 15) is 4.79 Å². The standard InChI is InChI=1S/C23H25N3O3/c1-2-29-19-6-3-5-18(14-19)17-11-9-16(10-12-17)13-20(24)21-7-4-8-22(26-21)25-15-23(27)28/h3-12,14,20H,2,13,15,24H2,1H3,(H,25,26)(H,27,28). The van der Waals surface area contributed by atoms with E-state index in [0.29, 0.717) is 24.5 Å². The summed E-state index contributed by atoms with van der Waals surface area (Å²) in [6.45, 7) is 2.43. The second-order valence-electron chi connectivity index (χ2n) is 6.66. The quantitative estimate of drug-likeness (QED) is 0.512. The number of aliphatic carboxylic acids is 1. The zero-order valence-electron chi connectivity index (χ0n) is 16.3. The van der Waals surface area contributed by atoms with E-state index in [-0.39, 0.29) is 12.6 Å². The number of nitrogens with zero attached hydrogens (tertiary/aromatic N) is 1. The first-order valence-corrected chi connectivity index (χ1v) is 9.55. The fraction of sp³-hybridized carbons (Fsp3) is 0.217. The molecule has 0 amide bonds. The van der Waals surface area contributed by atoms with Gasteiger partial charge in [-0.25, -0.2) is 4.98 Å². The van der Waals surface area contributed by atoms with E-state index in [1.165, 1.54) is 0 Å². The third-order valence-electron chi connectivity index (χ3n) is 4.46. The van der Waals surface area contributed by atoms with Crippen molar-refractivity contribution in [3.05, 3.63) is 78.0 Å². The van der Waals surface area contributed by atoms with Gasteiger partial charge in [0.1, 0.15) is 18.1 Å². The number of nitrogens with two attached hydrogens (primary N) is 1. The lowest BCUT2D eigenvalue weighted by Crippen LogP contribution is -2.17. The van der Waals surface area contributed by atoms with Crippen LogP contribution in [0.25, 0.3) is 11.1 Å². The number of ether oxygens (including phenoxy) is 1. The molecule has 0 aliphatic rings.